The van der Waals surface area contributed by atoms with E-state index in [2.05, 4.69) is 4.79 Å². The molecule has 0 aliphatic heterocycles. The molecule has 1 aliphatic rings. The van der Waals surface area contributed by atoms with E-state index in [1.807, 2.05) is 0 Å². The van der Waals surface area contributed by atoms with Crippen LogP contribution in [0.4, 0.5) is 0 Å². The summed E-state index contributed by atoms with van der Waals surface area (Å²) >= 11 is 0. The molecule has 0 spiro atoms. The summed E-state index contributed by atoms with van der Waals surface area (Å²) < 4.78 is 53.4. The summed E-state index contributed by atoms with van der Waals surface area (Å²) in [6.07, 6.45) is 3.91. The van der Waals surface area contributed by atoms with E-state index in [9.17, 15) is 16.8 Å². The highest BCUT2D eigenvalue weighted by molar-refractivity contribution is 8.08. The highest BCUT2D eigenvalue weighted by Crippen LogP contribution is 2.20. The van der Waals surface area contributed by atoms with Gasteiger partial charge in [0.15, 0.2) is 0 Å². The van der Waals surface area contributed by atoms with Crippen LogP contribution < -0.4 is 0 Å². The maximum absolute atomic E-state index is 12.8. The van der Waals surface area contributed by atoms with Crippen molar-refractivity contribution in [3.05, 3.63) is 65.4 Å². The van der Waals surface area contributed by atoms with Crippen LogP contribution in [0.25, 0.3) is 5.53 Å². The standard InChI is InChI=1S/C14H12N2O5S2/c1-21-11-8-5-9-12(13(11)22(17)18)23(19,20)14(16-15)10-6-3-2-4-7-10/h2-9,12H,1H3. The molecule has 0 amide bonds. The van der Waals surface area contributed by atoms with Gasteiger partial charge in [-0.15, -0.1) is 0 Å². The lowest BCUT2D eigenvalue weighted by Crippen LogP contribution is -2.37. The van der Waals surface area contributed by atoms with Gasteiger partial charge in [-0.3, -0.25) is 0 Å². The van der Waals surface area contributed by atoms with Crippen LogP contribution in [0.5, 0.6) is 0 Å². The zero-order chi connectivity index (χ0) is 17.0. The average Bonchev–Trinajstić information content (AvgIpc) is 2.55. The number of benzene rings is 1. The second kappa shape index (κ2) is 6.74. The van der Waals surface area contributed by atoms with E-state index in [1.165, 1.54) is 37.5 Å². The Morgan fingerprint density at radius 2 is 1.91 bits per heavy atom. The van der Waals surface area contributed by atoms with Crippen LogP contribution in [0.15, 0.2) is 54.3 Å². The van der Waals surface area contributed by atoms with Crippen LogP contribution in [0.3, 0.4) is 0 Å². The Kier molecular flexibility index (Phi) is 4.95. The first-order chi connectivity index (χ1) is 10.9. The molecule has 23 heavy (non-hydrogen) atoms. The van der Waals surface area contributed by atoms with E-state index < -0.39 is 35.3 Å². The van der Waals surface area contributed by atoms with Gasteiger partial charge in [0, 0.05) is 0 Å². The first-order valence-electron chi connectivity index (χ1n) is 6.33. The molecular weight excluding hydrogens is 340 g/mol. The summed E-state index contributed by atoms with van der Waals surface area (Å²) in [6, 6.07) is 7.70. The lowest BCUT2D eigenvalue weighted by Gasteiger charge is -2.16. The number of ether oxygens (including phenoxy) is 1. The molecule has 1 atom stereocenters. The number of methoxy groups -OCH3 is 1. The van der Waals surface area contributed by atoms with Crippen molar-refractivity contribution in [1.29, 1.82) is 0 Å². The molecule has 1 aromatic rings. The minimum absolute atomic E-state index is 0.0836. The van der Waals surface area contributed by atoms with E-state index in [1.54, 1.807) is 18.2 Å². The fourth-order valence-electron chi connectivity index (χ4n) is 2.12. The Morgan fingerprint density at radius 3 is 2.43 bits per heavy atom. The highest BCUT2D eigenvalue weighted by atomic mass is 32.2. The Hall–Kier alpha value is -2.48. The van der Waals surface area contributed by atoms with Crippen LogP contribution in [0, 0.1) is 0 Å². The monoisotopic (exact) mass is 352 g/mol. The van der Waals surface area contributed by atoms with Crippen LogP contribution >= 0.6 is 0 Å². The molecule has 1 unspecified atom stereocenters. The lowest BCUT2D eigenvalue weighted by molar-refractivity contribution is 0.000598. The number of hydrogen-bond acceptors (Lipinski definition) is 5. The number of hydrogen-bond donors (Lipinski definition) is 0. The van der Waals surface area contributed by atoms with E-state index in [4.69, 9.17) is 10.3 Å². The third kappa shape index (κ3) is 3.16. The Bertz CT molecular complexity index is 959. The number of rotatable bonds is 3. The summed E-state index contributed by atoms with van der Waals surface area (Å²) in [5, 5.41) is -2.15. The molecule has 120 valence electrons. The molecule has 9 heteroatoms. The lowest BCUT2D eigenvalue weighted by atomic mass is 10.1. The van der Waals surface area contributed by atoms with Crippen LogP contribution in [0.1, 0.15) is 5.56 Å². The molecule has 1 aliphatic carbocycles. The second-order valence-corrected chi connectivity index (χ2v) is 7.35. The first kappa shape index (κ1) is 16.9. The van der Waals surface area contributed by atoms with Gasteiger partial charge >= 0.3 is 5.04 Å². The molecule has 0 saturated heterocycles. The molecule has 0 aromatic heterocycles. The normalized spacial score (nSPS) is 17.2. The maximum Gasteiger partial charge on any atom is 0.413 e. The Labute approximate surface area is 134 Å². The van der Waals surface area contributed by atoms with Crippen molar-refractivity contribution in [3.63, 3.8) is 0 Å². The molecule has 7 nitrogen and oxygen atoms in total. The van der Waals surface area contributed by atoms with Gasteiger partial charge in [0.25, 0.3) is 9.84 Å². The van der Waals surface area contributed by atoms with Gasteiger partial charge < -0.3 is 10.3 Å². The van der Waals surface area contributed by atoms with Crippen molar-refractivity contribution in [2.45, 2.75) is 5.25 Å². The van der Waals surface area contributed by atoms with E-state index in [0.29, 0.717) is 0 Å². The van der Waals surface area contributed by atoms with Crippen molar-refractivity contribution in [3.8, 4) is 0 Å². The summed E-state index contributed by atoms with van der Waals surface area (Å²) in [5.74, 6) is -0.0836. The van der Waals surface area contributed by atoms with Gasteiger partial charge in [-0.05, 0) is 18.2 Å². The largest absolute Gasteiger partial charge is 0.495 e. The Balaban J connectivity index is 2.65. The summed E-state index contributed by atoms with van der Waals surface area (Å²) in [6.45, 7) is 0. The molecule has 0 fully saturated rings. The molecule has 0 radical (unpaired) electrons. The third-order valence-electron chi connectivity index (χ3n) is 3.15. The van der Waals surface area contributed by atoms with Gasteiger partial charge in [-0.2, -0.15) is 13.2 Å². The second-order valence-electron chi connectivity index (χ2n) is 4.46. The molecule has 0 saturated carbocycles. The number of nitrogens with zero attached hydrogens (tertiary/aromatic N) is 2. The number of sulfone groups is 1. The van der Waals surface area contributed by atoms with Crippen LogP contribution in [-0.4, -0.2) is 43.9 Å². The minimum Gasteiger partial charge on any atom is -0.495 e. The van der Waals surface area contributed by atoms with Crippen LogP contribution in [-0.2, 0) is 24.9 Å². The summed E-state index contributed by atoms with van der Waals surface area (Å²) in [7, 11) is -5.89. The number of allylic oxidation sites excluding steroid dienone is 3. The zero-order valence-electron chi connectivity index (χ0n) is 11.9. The van der Waals surface area contributed by atoms with Crippen molar-refractivity contribution in [1.82, 2.24) is 0 Å². The molecule has 0 bridgehead atoms. The molecule has 1 aromatic carbocycles. The Morgan fingerprint density at radius 1 is 1.26 bits per heavy atom. The van der Waals surface area contributed by atoms with Crippen molar-refractivity contribution >= 4 is 30.0 Å². The topological polar surface area (TPSA) is 114 Å². The fourth-order valence-corrected chi connectivity index (χ4v) is 4.84. The predicted octanol–water partition coefficient (Wildman–Crippen LogP) is 0.598. The fraction of sp³-hybridized carbons (Fsp3) is 0.143. The van der Waals surface area contributed by atoms with Gasteiger partial charge in [-0.1, -0.05) is 30.4 Å². The smallest absolute Gasteiger partial charge is 0.413 e. The van der Waals surface area contributed by atoms with Crippen molar-refractivity contribution in [2.24, 2.45) is 0 Å². The SMILES string of the molecule is COC1=CC=CC(S(=O)(=O)C(=[N+]=[N-])c2ccccc2)C1=S(=O)=O. The van der Waals surface area contributed by atoms with Gasteiger partial charge in [-0.25, -0.2) is 8.42 Å². The third-order valence-corrected chi connectivity index (χ3v) is 6.03. The van der Waals surface area contributed by atoms with Crippen molar-refractivity contribution in [2.75, 3.05) is 7.11 Å². The van der Waals surface area contributed by atoms with Crippen molar-refractivity contribution < 1.29 is 26.4 Å². The highest BCUT2D eigenvalue weighted by Gasteiger charge is 2.42. The average molecular weight is 352 g/mol. The van der Waals surface area contributed by atoms with Gasteiger partial charge in [0.2, 0.25) is 10.3 Å². The molecule has 0 heterocycles. The zero-order valence-corrected chi connectivity index (χ0v) is 13.6. The van der Waals surface area contributed by atoms with E-state index in [0.717, 1.165) is 0 Å². The molecular formula is C14H12N2O5S2. The summed E-state index contributed by atoms with van der Waals surface area (Å²) in [5.41, 5.74) is 9.32. The quantitative estimate of drug-likeness (QED) is 0.260. The van der Waals surface area contributed by atoms with Gasteiger partial charge in [0.1, 0.15) is 15.9 Å². The van der Waals surface area contributed by atoms with E-state index in [-0.39, 0.29) is 11.3 Å². The minimum atomic E-state index is -4.30. The van der Waals surface area contributed by atoms with Crippen LogP contribution in [0.2, 0.25) is 0 Å². The van der Waals surface area contributed by atoms with Gasteiger partial charge in [0.05, 0.1) is 12.7 Å². The maximum atomic E-state index is 12.8. The predicted molar refractivity (Wildman–Crippen MR) is 85.0 cm³/mol. The first-order valence-corrected chi connectivity index (χ1v) is 8.96. The molecule has 2 rings (SSSR count). The van der Waals surface area contributed by atoms with E-state index >= 15 is 0 Å². The molecule has 0 N–H and O–H groups in total. The summed E-state index contributed by atoms with van der Waals surface area (Å²) in [4.78, 5) is 2.43.